The second-order valence-electron chi connectivity index (χ2n) is 5.15. The minimum atomic E-state index is -0.211. The molecule has 0 aliphatic carbocycles. The Balaban J connectivity index is 2.28. The van der Waals surface area contributed by atoms with Gasteiger partial charge < -0.3 is 5.32 Å². The number of hydrogen-bond donors (Lipinski definition) is 1. The van der Waals surface area contributed by atoms with Crippen LogP contribution in [0.4, 0.5) is 4.39 Å². The van der Waals surface area contributed by atoms with E-state index in [-0.39, 0.29) is 11.9 Å². The molecule has 1 N–H and O–H groups in total. The van der Waals surface area contributed by atoms with Gasteiger partial charge in [0, 0.05) is 6.20 Å². The molecule has 2 rings (SSSR count). The summed E-state index contributed by atoms with van der Waals surface area (Å²) < 4.78 is 13.5. The Labute approximate surface area is 130 Å². The first-order chi connectivity index (χ1) is 10.1. The van der Waals surface area contributed by atoms with E-state index in [1.165, 1.54) is 6.07 Å². The third-order valence-corrected chi connectivity index (χ3v) is 3.81. The summed E-state index contributed by atoms with van der Waals surface area (Å²) in [6.45, 7) is 4.97. The number of benzene rings is 1. The van der Waals surface area contributed by atoms with Gasteiger partial charge in [0.2, 0.25) is 0 Å². The monoisotopic (exact) mass is 306 g/mol. The van der Waals surface area contributed by atoms with E-state index in [0.29, 0.717) is 11.4 Å². The highest BCUT2D eigenvalue weighted by atomic mass is 35.5. The third-order valence-electron chi connectivity index (χ3n) is 3.49. The van der Waals surface area contributed by atoms with Crippen molar-refractivity contribution in [1.82, 2.24) is 10.3 Å². The number of rotatable bonds is 6. The van der Waals surface area contributed by atoms with Crippen molar-refractivity contribution >= 4 is 11.6 Å². The van der Waals surface area contributed by atoms with Crippen LogP contribution in [0.5, 0.6) is 0 Å². The molecule has 21 heavy (non-hydrogen) atoms. The molecule has 0 fully saturated rings. The molecule has 0 aliphatic heterocycles. The van der Waals surface area contributed by atoms with E-state index in [9.17, 15) is 4.39 Å². The molecule has 1 heterocycles. The summed E-state index contributed by atoms with van der Waals surface area (Å²) in [5, 5.41) is 4.09. The van der Waals surface area contributed by atoms with Gasteiger partial charge in [-0.1, -0.05) is 24.6 Å². The first-order valence-electron chi connectivity index (χ1n) is 7.20. The van der Waals surface area contributed by atoms with Gasteiger partial charge >= 0.3 is 0 Å². The van der Waals surface area contributed by atoms with Gasteiger partial charge in [-0.05, 0) is 61.7 Å². The summed E-state index contributed by atoms with van der Waals surface area (Å²) in [5.74, 6) is -0.211. The number of nitrogens with zero attached hydrogens (tertiary/aromatic N) is 1. The number of halogens is 2. The van der Waals surface area contributed by atoms with E-state index in [2.05, 4.69) is 17.2 Å². The SMILES string of the molecule is CCCNC(Cc1cc(F)ccc1C)c1ncccc1Cl. The summed E-state index contributed by atoms with van der Waals surface area (Å²) in [6.07, 6.45) is 3.42. The predicted octanol–water partition coefficient (Wildman–Crippen LogP) is 4.47. The Morgan fingerprint density at radius 1 is 1.33 bits per heavy atom. The van der Waals surface area contributed by atoms with Gasteiger partial charge in [0.15, 0.2) is 0 Å². The molecule has 0 saturated heterocycles. The standard InChI is InChI=1S/C17H20ClFN2/c1-3-8-20-16(17-15(18)5-4-9-21-17)11-13-10-14(19)7-6-12(13)2/h4-7,9-10,16,20H,3,8,11H2,1-2H3. The lowest BCUT2D eigenvalue weighted by molar-refractivity contribution is 0.515. The Morgan fingerprint density at radius 3 is 2.86 bits per heavy atom. The zero-order valence-electron chi connectivity index (χ0n) is 12.4. The molecule has 0 aliphatic rings. The molecule has 0 spiro atoms. The van der Waals surface area contributed by atoms with Gasteiger partial charge in [0.25, 0.3) is 0 Å². The number of hydrogen-bond acceptors (Lipinski definition) is 2. The topological polar surface area (TPSA) is 24.9 Å². The Hall–Kier alpha value is -1.45. The van der Waals surface area contributed by atoms with Crippen LogP contribution in [0.15, 0.2) is 36.5 Å². The molecule has 0 saturated carbocycles. The minimum Gasteiger partial charge on any atom is -0.308 e. The van der Waals surface area contributed by atoms with Crippen LogP contribution >= 0.6 is 11.6 Å². The van der Waals surface area contributed by atoms with E-state index in [4.69, 9.17) is 11.6 Å². The second kappa shape index (κ2) is 7.53. The third kappa shape index (κ3) is 4.26. The van der Waals surface area contributed by atoms with Crippen molar-refractivity contribution in [3.8, 4) is 0 Å². The highest BCUT2D eigenvalue weighted by Gasteiger charge is 2.17. The molecule has 0 radical (unpaired) electrons. The van der Waals surface area contributed by atoms with Crippen LogP contribution in [-0.4, -0.2) is 11.5 Å². The summed E-state index contributed by atoms with van der Waals surface area (Å²) in [4.78, 5) is 4.39. The fourth-order valence-corrected chi connectivity index (χ4v) is 2.57. The molecule has 1 aromatic heterocycles. The van der Waals surface area contributed by atoms with E-state index in [1.54, 1.807) is 12.3 Å². The van der Waals surface area contributed by atoms with Crippen LogP contribution in [-0.2, 0) is 6.42 Å². The first kappa shape index (κ1) is 15.9. The summed E-state index contributed by atoms with van der Waals surface area (Å²) in [5.41, 5.74) is 2.87. The highest BCUT2D eigenvalue weighted by molar-refractivity contribution is 6.31. The van der Waals surface area contributed by atoms with Crippen LogP contribution in [0.1, 0.15) is 36.2 Å². The van der Waals surface area contributed by atoms with Gasteiger partial charge in [0.1, 0.15) is 5.82 Å². The molecule has 4 heteroatoms. The smallest absolute Gasteiger partial charge is 0.123 e. The molecule has 1 atom stereocenters. The Bertz CT molecular complexity index is 601. The number of aryl methyl sites for hydroxylation is 1. The van der Waals surface area contributed by atoms with Crippen molar-refractivity contribution < 1.29 is 4.39 Å². The minimum absolute atomic E-state index is 0.0147. The van der Waals surface area contributed by atoms with Gasteiger partial charge in [-0.3, -0.25) is 4.98 Å². The first-order valence-corrected chi connectivity index (χ1v) is 7.58. The number of aromatic nitrogens is 1. The molecular weight excluding hydrogens is 287 g/mol. The lowest BCUT2D eigenvalue weighted by Crippen LogP contribution is -2.25. The van der Waals surface area contributed by atoms with Crippen LogP contribution in [0, 0.1) is 12.7 Å². The average Bonchev–Trinajstić information content (AvgIpc) is 2.48. The number of nitrogens with one attached hydrogen (secondary N) is 1. The predicted molar refractivity (Wildman–Crippen MR) is 85.1 cm³/mol. The van der Waals surface area contributed by atoms with E-state index < -0.39 is 0 Å². The largest absolute Gasteiger partial charge is 0.308 e. The molecule has 2 aromatic rings. The molecule has 1 unspecified atom stereocenters. The zero-order chi connectivity index (χ0) is 15.2. The quantitative estimate of drug-likeness (QED) is 0.852. The zero-order valence-corrected chi connectivity index (χ0v) is 13.1. The summed E-state index contributed by atoms with van der Waals surface area (Å²) in [6, 6.07) is 8.52. The maximum absolute atomic E-state index is 13.5. The van der Waals surface area contributed by atoms with Crippen molar-refractivity contribution in [3.63, 3.8) is 0 Å². The second-order valence-corrected chi connectivity index (χ2v) is 5.56. The average molecular weight is 307 g/mol. The molecule has 1 aromatic carbocycles. The van der Waals surface area contributed by atoms with Crippen LogP contribution in [0.25, 0.3) is 0 Å². The lowest BCUT2D eigenvalue weighted by Gasteiger charge is -2.20. The lowest BCUT2D eigenvalue weighted by atomic mass is 9.98. The van der Waals surface area contributed by atoms with E-state index in [0.717, 1.165) is 29.8 Å². The normalized spacial score (nSPS) is 12.4. The van der Waals surface area contributed by atoms with Crippen molar-refractivity contribution in [3.05, 3.63) is 64.2 Å². The summed E-state index contributed by atoms with van der Waals surface area (Å²) in [7, 11) is 0. The highest BCUT2D eigenvalue weighted by Crippen LogP contribution is 2.25. The van der Waals surface area contributed by atoms with Crippen molar-refractivity contribution in [2.75, 3.05) is 6.54 Å². The maximum atomic E-state index is 13.5. The van der Waals surface area contributed by atoms with Crippen LogP contribution in [0.3, 0.4) is 0 Å². The molecule has 2 nitrogen and oxygen atoms in total. The molecular formula is C17H20ClFN2. The summed E-state index contributed by atoms with van der Waals surface area (Å²) >= 11 is 6.26. The Morgan fingerprint density at radius 2 is 2.14 bits per heavy atom. The van der Waals surface area contributed by atoms with Crippen molar-refractivity contribution in [2.45, 2.75) is 32.7 Å². The molecule has 112 valence electrons. The molecule has 0 amide bonds. The number of pyridine rings is 1. The van der Waals surface area contributed by atoms with Crippen molar-refractivity contribution in [1.29, 1.82) is 0 Å². The van der Waals surface area contributed by atoms with E-state index in [1.807, 2.05) is 25.1 Å². The fraction of sp³-hybridized carbons (Fsp3) is 0.353. The molecule has 0 bridgehead atoms. The van der Waals surface area contributed by atoms with Gasteiger partial charge in [0.05, 0.1) is 16.8 Å². The van der Waals surface area contributed by atoms with Gasteiger partial charge in [-0.15, -0.1) is 0 Å². The maximum Gasteiger partial charge on any atom is 0.123 e. The van der Waals surface area contributed by atoms with Gasteiger partial charge in [-0.2, -0.15) is 0 Å². The van der Waals surface area contributed by atoms with Crippen LogP contribution in [0.2, 0.25) is 5.02 Å². The van der Waals surface area contributed by atoms with Gasteiger partial charge in [-0.25, -0.2) is 4.39 Å². The fourth-order valence-electron chi connectivity index (χ4n) is 2.32. The van der Waals surface area contributed by atoms with Crippen molar-refractivity contribution in [2.24, 2.45) is 0 Å². The Kier molecular flexibility index (Phi) is 5.71. The van der Waals surface area contributed by atoms with E-state index >= 15 is 0 Å². The van der Waals surface area contributed by atoms with Crippen LogP contribution < -0.4 is 5.32 Å².